The van der Waals surface area contributed by atoms with Crippen molar-refractivity contribution in [3.63, 3.8) is 0 Å². The van der Waals surface area contributed by atoms with E-state index >= 15 is 0 Å². The summed E-state index contributed by atoms with van der Waals surface area (Å²) in [6.07, 6.45) is 5.94. The molecule has 1 aromatic rings. The summed E-state index contributed by atoms with van der Waals surface area (Å²) in [5.74, 6) is 1.54. The lowest BCUT2D eigenvalue weighted by atomic mass is 9.97. The molecule has 0 saturated carbocycles. The molecule has 8 nitrogen and oxygen atoms in total. The van der Waals surface area contributed by atoms with E-state index in [1.165, 1.54) is 16.4 Å². The summed E-state index contributed by atoms with van der Waals surface area (Å²) in [7, 11) is -3.78. The van der Waals surface area contributed by atoms with Gasteiger partial charge in [-0.05, 0) is 25.0 Å². The number of hydrogen-bond acceptors (Lipinski definition) is 5. The van der Waals surface area contributed by atoms with Gasteiger partial charge in [0.2, 0.25) is 21.8 Å². The molecule has 148 valence electrons. The maximum atomic E-state index is 12.8. The van der Waals surface area contributed by atoms with Crippen molar-refractivity contribution in [2.75, 3.05) is 26.2 Å². The summed E-state index contributed by atoms with van der Waals surface area (Å²) in [5.41, 5.74) is 0.102. The number of rotatable bonds is 7. The van der Waals surface area contributed by atoms with Gasteiger partial charge < -0.3 is 10.6 Å². The third kappa shape index (κ3) is 5.32. The second-order valence-corrected chi connectivity index (χ2v) is 8.21. The topological polar surface area (TPSA) is 119 Å². The van der Waals surface area contributed by atoms with E-state index in [9.17, 15) is 18.0 Å². The van der Waals surface area contributed by atoms with Crippen molar-refractivity contribution in [1.29, 1.82) is 5.26 Å². The second kappa shape index (κ2) is 9.88. The van der Waals surface area contributed by atoms with Crippen molar-refractivity contribution in [3.05, 3.63) is 29.8 Å². The maximum absolute atomic E-state index is 12.8. The van der Waals surface area contributed by atoms with Crippen LogP contribution < -0.4 is 10.6 Å². The number of amides is 2. The zero-order chi connectivity index (χ0) is 20.6. The van der Waals surface area contributed by atoms with E-state index in [1.54, 1.807) is 12.1 Å². The minimum Gasteiger partial charge on any atom is -0.355 e. The fourth-order valence-corrected chi connectivity index (χ4v) is 4.57. The average Bonchev–Trinajstić information content (AvgIpc) is 2.72. The molecule has 1 saturated heterocycles. The summed E-state index contributed by atoms with van der Waals surface area (Å²) in [6.45, 7) is 0.740. The zero-order valence-electron chi connectivity index (χ0n) is 15.3. The number of nitrogens with one attached hydrogen (secondary N) is 2. The van der Waals surface area contributed by atoms with Crippen molar-refractivity contribution in [3.8, 4) is 18.4 Å². The van der Waals surface area contributed by atoms with Gasteiger partial charge in [-0.25, -0.2) is 8.42 Å². The predicted octanol–water partition coefficient (Wildman–Crippen LogP) is 0.215. The summed E-state index contributed by atoms with van der Waals surface area (Å²) in [6, 6.07) is 7.97. The zero-order valence-corrected chi connectivity index (χ0v) is 16.2. The first-order valence-electron chi connectivity index (χ1n) is 8.87. The molecule has 9 heteroatoms. The van der Waals surface area contributed by atoms with E-state index in [1.807, 2.05) is 6.07 Å². The molecule has 28 heavy (non-hydrogen) atoms. The van der Waals surface area contributed by atoms with Crippen LogP contribution in [-0.4, -0.2) is 50.7 Å². The van der Waals surface area contributed by atoms with E-state index < -0.39 is 10.0 Å². The lowest BCUT2D eigenvalue weighted by Gasteiger charge is -2.30. The Hall–Kier alpha value is -2.88. The minimum absolute atomic E-state index is 0.0154. The van der Waals surface area contributed by atoms with Gasteiger partial charge in [0, 0.05) is 32.0 Å². The van der Waals surface area contributed by atoms with Crippen LogP contribution in [0.15, 0.2) is 29.2 Å². The molecule has 1 heterocycles. The van der Waals surface area contributed by atoms with Gasteiger partial charge in [0.15, 0.2) is 0 Å². The predicted molar refractivity (Wildman–Crippen MR) is 102 cm³/mol. The molecule has 2 N–H and O–H groups in total. The minimum atomic E-state index is -3.78. The van der Waals surface area contributed by atoms with E-state index in [0.717, 1.165) is 0 Å². The molecular weight excluding hydrogens is 380 g/mol. The third-order valence-electron chi connectivity index (χ3n) is 4.49. The lowest BCUT2D eigenvalue weighted by molar-refractivity contribution is -0.126. The molecule has 0 radical (unpaired) electrons. The molecule has 2 amide bonds. The average molecular weight is 402 g/mol. The van der Waals surface area contributed by atoms with Gasteiger partial charge in [0.1, 0.15) is 6.07 Å². The number of nitriles is 1. The van der Waals surface area contributed by atoms with Crippen LogP contribution in [0.1, 0.15) is 24.8 Å². The Morgan fingerprint density at radius 3 is 2.54 bits per heavy atom. The van der Waals surface area contributed by atoms with Gasteiger partial charge in [0.05, 0.1) is 17.0 Å². The van der Waals surface area contributed by atoms with Crippen LogP contribution in [0.5, 0.6) is 0 Å². The van der Waals surface area contributed by atoms with Gasteiger partial charge in [-0.2, -0.15) is 9.57 Å². The fraction of sp³-hybridized carbons (Fsp3) is 0.421. The first-order valence-corrected chi connectivity index (χ1v) is 10.3. The summed E-state index contributed by atoms with van der Waals surface area (Å²) < 4.78 is 26.9. The van der Waals surface area contributed by atoms with Crippen molar-refractivity contribution in [2.24, 2.45) is 5.92 Å². The molecule has 0 unspecified atom stereocenters. The highest BCUT2D eigenvalue weighted by Crippen LogP contribution is 2.25. The molecule has 1 fully saturated rings. The van der Waals surface area contributed by atoms with Gasteiger partial charge in [-0.1, -0.05) is 18.1 Å². The van der Waals surface area contributed by atoms with Crippen molar-refractivity contribution in [1.82, 2.24) is 14.9 Å². The van der Waals surface area contributed by atoms with E-state index in [4.69, 9.17) is 11.7 Å². The van der Waals surface area contributed by atoms with Crippen LogP contribution in [0.3, 0.4) is 0 Å². The normalized spacial score (nSPS) is 15.2. The van der Waals surface area contributed by atoms with Crippen molar-refractivity contribution < 1.29 is 18.0 Å². The molecular formula is C19H22N4O4S. The Balaban J connectivity index is 1.87. The molecule has 0 aromatic heterocycles. The molecule has 1 aromatic carbocycles. The van der Waals surface area contributed by atoms with Gasteiger partial charge in [-0.15, -0.1) is 6.42 Å². The Morgan fingerprint density at radius 2 is 1.89 bits per heavy atom. The van der Waals surface area contributed by atoms with Gasteiger partial charge in [0.25, 0.3) is 0 Å². The molecule has 0 bridgehead atoms. The first kappa shape index (κ1) is 21.4. The number of terminal acetylenes is 1. The fourth-order valence-electron chi connectivity index (χ4n) is 2.96. The number of sulfonamides is 1. The number of nitrogens with zero attached hydrogens (tertiary/aromatic N) is 2. The maximum Gasteiger partial charge on any atom is 0.244 e. The Morgan fingerprint density at radius 1 is 1.21 bits per heavy atom. The van der Waals surface area contributed by atoms with Gasteiger partial charge in [-0.3, -0.25) is 9.59 Å². The lowest BCUT2D eigenvalue weighted by Crippen LogP contribution is -2.43. The molecule has 1 aliphatic heterocycles. The molecule has 0 aliphatic carbocycles. The smallest absolute Gasteiger partial charge is 0.244 e. The standard InChI is InChI=1S/C19H22N4O4S/c1-2-10-21-18(24)7-11-22-19(25)15-8-12-23(13-9-15)28(26,27)17-6-4-3-5-16(17)14-20/h1,3-6,15H,7-13H2,(H,21,24)(H,22,25). The summed E-state index contributed by atoms with van der Waals surface area (Å²) in [5, 5.41) is 14.4. The van der Waals surface area contributed by atoms with Gasteiger partial charge >= 0.3 is 0 Å². The van der Waals surface area contributed by atoms with Crippen LogP contribution in [0.25, 0.3) is 0 Å². The van der Waals surface area contributed by atoms with Crippen molar-refractivity contribution in [2.45, 2.75) is 24.2 Å². The quantitative estimate of drug-likeness (QED) is 0.632. The SMILES string of the molecule is C#CCNC(=O)CCNC(=O)C1CCN(S(=O)(=O)c2ccccc2C#N)CC1. The van der Waals surface area contributed by atoms with Crippen LogP contribution in [0, 0.1) is 29.6 Å². The number of piperidine rings is 1. The number of carbonyl (C=O) groups is 2. The second-order valence-electron chi connectivity index (χ2n) is 6.31. The van der Waals surface area contributed by atoms with Crippen LogP contribution in [0.4, 0.5) is 0 Å². The van der Waals surface area contributed by atoms with Crippen LogP contribution in [-0.2, 0) is 19.6 Å². The van der Waals surface area contributed by atoms with Crippen LogP contribution >= 0.6 is 0 Å². The third-order valence-corrected chi connectivity index (χ3v) is 6.45. The molecule has 2 rings (SSSR count). The first-order chi connectivity index (χ1) is 13.4. The monoisotopic (exact) mass is 402 g/mol. The Bertz CT molecular complexity index is 907. The highest BCUT2D eigenvalue weighted by Gasteiger charge is 2.33. The Kier molecular flexibility index (Phi) is 7.56. The van der Waals surface area contributed by atoms with E-state index in [0.29, 0.717) is 12.8 Å². The summed E-state index contributed by atoms with van der Waals surface area (Å²) in [4.78, 5) is 23.7. The number of benzene rings is 1. The molecule has 0 atom stereocenters. The highest BCUT2D eigenvalue weighted by atomic mass is 32.2. The van der Waals surface area contributed by atoms with Crippen LogP contribution in [0.2, 0.25) is 0 Å². The summed E-state index contributed by atoms with van der Waals surface area (Å²) >= 11 is 0. The number of carbonyl (C=O) groups excluding carboxylic acids is 2. The highest BCUT2D eigenvalue weighted by molar-refractivity contribution is 7.89. The largest absolute Gasteiger partial charge is 0.355 e. The van der Waals surface area contributed by atoms with E-state index in [2.05, 4.69) is 16.6 Å². The number of hydrogen-bond donors (Lipinski definition) is 2. The molecule has 0 spiro atoms. The molecule has 1 aliphatic rings. The van der Waals surface area contributed by atoms with E-state index in [-0.39, 0.29) is 60.8 Å². The Labute approximate surface area is 165 Å². The van der Waals surface area contributed by atoms with Crippen molar-refractivity contribution >= 4 is 21.8 Å².